The fourth-order valence-corrected chi connectivity index (χ4v) is 3.61. The van der Waals surface area contributed by atoms with Crippen molar-refractivity contribution in [3.63, 3.8) is 0 Å². The molecule has 1 fully saturated rings. The molecule has 1 saturated heterocycles. The Morgan fingerprint density at radius 3 is 2.73 bits per heavy atom. The van der Waals surface area contributed by atoms with Crippen LogP contribution in [0.15, 0.2) is 18.2 Å². The molecular weight excluding hydrogens is 280 g/mol. The number of nitrogens with one attached hydrogen (secondary N) is 2. The van der Waals surface area contributed by atoms with Crippen LogP contribution in [0.5, 0.6) is 11.5 Å². The zero-order valence-corrected chi connectivity index (χ0v) is 13.4. The Morgan fingerprint density at radius 2 is 1.95 bits per heavy atom. The number of hydrogen-bond donors (Lipinski definition) is 2. The molecule has 0 spiro atoms. The minimum absolute atomic E-state index is 0.0669. The standard InChI is InChI=1S/C17H24N2O3/c1-12-7-13(2)10-19(9-12)6-5-17(20)18-14-3-4-15-16(8-14)22-11-21-15/h3-4,8,12-13H,5-7,9-11H2,1-2H3,(H,18,20)/p+1/t12-,13+. The molecule has 0 radical (unpaired) electrons. The second-order valence-corrected chi connectivity index (χ2v) is 6.72. The first-order chi connectivity index (χ1) is 10.6. The monoisotopic (exact) mass is 305 g/mol. The van der Waals surface area contributed by atoms with Gasteiger partial charge in [-0.25, -0.2) is 0 Å². The molecule has 22 heavy (non-hydrogen) atoms. The molecule has 120 valence electrons. The molecular formula is C17H25N2O3+. The number of anilines is 1. The van der Waals surface area contributed by atoms with Crippen LogP contribution in [0.1, 0.15) is 26.7 Å². The second-order valence-electron chi connectivity index (χ2n) is 6.72. The molecule has 1 aromatic carbocycles. The minimum Gasteiger partial charge on any atom is -0.454 e. The van der Waals surface area contributed by atoms with Gasteiger partial charge >= 0.3 is 0 Å². The molecule has 2 aliphatic heterocycles. The number of ether oxygens (including phenoxy) is 2. The predicted octanol–water partition coefficient (Wildman–Crippen LogP) is 1.30. The van der Waals surface area contributed by atoms with Crippen LogP contribution in [-0.2, 0) is 4.79 Å². The van der Waals surface area contributed by atoms with Crippen molar-refractivity contribution in [2.75, 3.05) is 31.7 Å². The van der Waals surface area contributed by atoms with Gasteiger partial charge in [0, 0.05) is 23.6 Å². The van der Waals surface area contributed by atoms with Crippen molar-refractivity contribution in [1.82, 2.24) is 0 Å². The number of piperidine rings is 1. The molecule has 1 unspecified atom stereocenters. The maximum absolute atomic E-state index is 12.1. The first-order valence-corrected chi connectivity index (χ1v) is 8.13. The first kappa shape index (κ1) is 15.2. The van der Waals surface area contributed by atoms with Gasteiger partial charge in [-0.05, 0) is 18.6 Å². The first-order valence-electron chi connectivity index (χ1n) is 8.13. The number of benzene rings is 1. The maximum atomic E-state index is 12.1. The van der Waals surface area contributed by atoms with Gasteiger partial charge in [0.05, 0.1) is 26.1 Å². The summed E-state index contributed by atoms with van der Waals surface area (Å²) in [5, 5.41) is 2.95. The topological polar surface area (TPSA) is 52.0 Å². The van der Waals surface area contributed by atoms with E-state index in [0.717, 1.165) is 29.8 Å². The lowest BCUT2D eigenvalue weighted by Gasteiger charge is -2.31. The zero-order valence-electron chi connectivity index (χ0n) is 13.4. The van der Waals surface area contributed by atoms with Crippen molar-refractivity contribution in [3.05, 3.63) is 18.2 Å². The Hall–Kier alpha value is -1.75. The second kappa shape index (κ2) is 6.57. The summed E-state index contributed by atoms with van der Waals surface area (Å²) in [5.74, 6) is 3.02. The molecule has 0 aliphatic carbocycles. The molecule has 0 aromatic heterocycles. The average molecular weight is 305 g/mol. The van der Waals surface area contributed by atoms with E-state index in [-0.39, 0.29) is 12.7 Å². The van der Waals surface area contributed by atoms with E-state index in [1.807, 2.05) is 18.2 Å². The number of quaternary nitrogens is 1. The molecule has 5 heteroatoms. The van der Waals surface area contributed by atoms with Crippen molar-refractivity contribution < 1.29 is 19.2 Å². The summed E-state index contributed by atoms with van der Waals surface area (Å²) in [7, 11) is 0. The molecule has 3 rings (SSSR count). The highest BCUT2D eigenvalue weighted by atomic mass is 16.7. The molecule has 2 aliphatic rings. The zero-order chi connectivity index (χ0) is 15.5. The van der Waals surface area contributed by atoms with Crippen LogP contribution >= 0.6 is 0 Å². The quantitative estimate of drug-likeness (QED) is 0.882. The summed E-state index contributed by atoms with van der Waals surface area (Å²) in [6.45, 7) is 8.14. The summed E-state index contributed by atoms with van der Waals surface area (Å²) in [6.07, 6.45) is 1.87. The summed E-state index contributed by atoms with van der Waals surface area (Å²) < 4.78 is 10.6. The third-order valence-corrected chi connectivity index (χ3v) is 4.44. The lowest BCUT2D eigenvalue weighted by molar-refractivity contribution is -0.911. The Kier molecular flexibility index (Phi) is 4.52. The van der Waals surface area contributed by atoms with E-state index in [0.29, 0.717) is 12.2 Å². The highest BCUT2D eigenvalue weighted by Gasteiger charge is 2.25. The van der Waals surface area contributed by atoms with Gasteiger partial charge in [-0.1, -0.05) is 13.8 Å². The fraction of sp³-hybridized carbons (Fsp3) is 0.588. The van der Waals surface area contributed by atoms with Gasteiger partial charge in [0.15, 0.2) is 11.5 Å². The Balaban J connectivity index is 1.48. The number of rotatable bonds is 4. The number of fused-ring (bicyclic) bond motifs is 1. The largest absolute Gasteiger partial charge is 0.454 e. The smallest absolute Gasteiger partial charge is 0.231 e. The van der Waals surface area contributed by atoms with Gasteiger partial charge in [-0.3, -0.25) is 4.79 Å². The van der Waals surface area contributed by atoms with Crippen LogP contribution < -0.4 is 19.7 Å². The van der Waals surface area contributed by atoms with Gasteiger partial charge in [-0.2, -0.15) is 0 Å². The van der Waals surface area contributed by atoms with E-state index in [1.54, 1.807) is 4.90 Å². The molecule has 3 atom stereocenters. The van der Waals surface area contributed by atoms with E-state index in [2.05, 4.69) is 19.2 Å². The maximum Gasteiger partial charge on any atom is 0.231 e. The summed E-state index contributed by atoms with van der Waals surface area (Å²) >= 11 is 0. The number of likely N-dealkylation sites (tertiary alicyclic amines) is 1. The molecule has 0 saturated carbocycles. The van der Waals surface area contributed by atoms with E-state index in [1.165, 1.54) is 19.5 Å². The summed E-state index contributed by atoms with van der Waals surface area (Å²) in [4.78, 5) is 13.7. The van der Waals surface area contributed by atoms with Crippen LogP contribution in [0.2, 0.25) is 0 Å². The van der Waals surface area contributed by atoms with Gasteiger partial charge in [-0.15, -0.1) is 0 Å². The van der Waals surface area contributed by atoms with Crippen molar-refractivity contribution in [2.24, 2.45) is 11.8 Å². The van der Waals surface area contributed by atoms with E-state index >= 15 is 0 Å². The van der Waals surface area contributed by atoms with E-state index in [9.17, 15) is 4.79 Å². The predicted molar refractivity (Wildman–Crippen MR) is 84.3 cm³/mol. The van der Waals surface area contributed by atoms with Crippen molar-refractivity contribution in [1.29, 1.82) is 0 Å². The Morgan fingerprint density at radius 1 is 1.23 bits per heavy atom. The number of hydrogen-bond acceptors (Lipinski definition) is 3. The van der Waals surface area contributed by atoms with Crippen LogP contribution in [0.3, 0.4) is 0 Å². The Bertz CT molecular complexity index is 537. The lowest BCUT2D eigenvalue weighted by Crippen LogP contribution is -3.14. The van der Waals surface area contributed by atoms with Crippen molar-refractivity contribution in [3.8, 4) is 11.5 Å². The van der Waals surface area contributed by atoms with Crippen LogP contribution in [-0.4, -0.2) is 32.3 Å². The minimum atomic E-state index is 0.0669. The fourth-order valence-electron chi connectivity index (χ4n) is 3.61. The van der Waals surface area contributed by atoms with Crippen molar-refractivity contribution >= 4 is 11.6 Å². The van der Waals surface area contributed by atoms with Crippen LogP contribution in [0, 0.1) is 11.8 Å². The van der Waals surface area contributed by atoms with Crippen LogP contribution in [0.25, 0.3) is 0 Å². The molecule has 0 bridgehead atoms. The lowest BCUT2D eigenvalue weighted by atomic mass is 9.92. The van der Waals surface area contributed by atoms with Gasteiger partial charge in [0.25, 0.3) is 0 Å². The van der Waals surface area contributed by atoms with Gasteiger partial charge in [0.2, 0.25) is 12.7 Å². The molecule has 1 aromatic rings. The SMILES string of the molecule is C[C@@H]1C[C@H](C)C[NH+](CCC(=O)Nc2ccc3c(c2)OCO3)C1. The summed E-state index contributed by atoms with van der Waals surface area (Å²) in [5.41, 5.74) is 0.768. The third kappa shape index (κ3) is 3.71. The number of carbonyl (C=O) groups excluding carboxylic acids is 1. The van der Waals surface area contributed by atoms with Crippen molar-refractivity contribution in [2.45, 2.75) is 26.7 Å². The van der Waals surface area contributed by atoms with E-state index in [4.69, 9.17) is 9.47 Å². The van der Waals surface area contributed by atoms with E-state index < -0.39 is 0 Å². The molecule has 2 heterocycles. The average Bonchev–Trinajstić information content (AvgIpc) is 2.92. The Labute approximate surface area is 131 Å². The number of amides is 1. The molecule has 5 nitrogen and oxygen atoms in total. The summed E-state index contributed by atoms with van der Waals surface area (Å²) in [6, 6.07) is 5.50. The highest BCUT2D eigenvalue weighted by molar-refractivity contribution is 5.91. The van der Waals surface area contributed by atoms with Gasteiger partial charge < -0.3 is 19.7 Å². The highest BCUT2D eigenvalue weighted by Crippen LogP contribution is 2.34. The normalized spacial score (nSPS) is 26.7. The van der Waals surface area contributed by atoms with Gasteiger partial charge in [0.1, 0.15) is 0 Å². The van der Waals surface area contributed by atoms with Crippen LogP contribution in [0.4, 0.5) is 5.69 Å². The molecule has 2 N–H and O–H groups in total. The molecule has 1 amide bonds. The third-order valence-electron chi connectivity index (χ3n) is 4.44. The number of carbonyl (C=O) groups is 1.